The van der Waals surface area contributed by atoms with E-state index in [2.05, 4.69) is 24.5 Å². The van der Waals surface area contributed by atoms with Gasteiger partial charge >= 0.3 is 5.97 Å². The Balaban J connectivity index is 3.86. The van der Waals surface area contributed by atoms with E-state index in [-0.39, 0.29) is 18.7 Å². The summed E-state index contributed by atoms with van der Waals surface area (Å²) in [6.45, 7) is 5.31. The molecule has 16 heavy (non-hydrogen) atoms. The highest BCUT2D eigenvalue weighted by Crippen LogP contribution is 2.12. The summed E-state index contributed by atoms with van der Waals surface area (Å²) in [4.78, 5) is 11.3. The monoisotopic (exact) mass is 226 g/mol. The highest BCUT2D eigenvalue weighted by molar-refractivity contribution is 6.08. The van der Waals surface area contributed by atoms with E-state index in [1.54, 1.807) is 7.05 Å². The second kappa shape index (κ2) is 9.66. The van der Waals surface area contributed by atoms with Gasteiger partial charge in [-0.2, -0.15) is 0 Å². The zero-order valence-corrected chi connectivity index (χ0v) is 10.6. The lowest BCUT2D eigenvalue weighted by Crippen LogP contribution is -2.35. The van der Waals surface area contributed by atoms with E-state index in [4.69, 9.17) is 12.6 Å². The molecule has 0 heterocycles. The molecule has 0 aromatic carbocycles. The molecular formula is C11H23BN2O2. The lowest BCUT2D eigenvalue weighted by atomic mass is 9.85. The van der Waals surface area contributed by atoms with E-state index in [0.717, 1.165) is 13.0 Å². The first-order valence-electron chi connectivity index (χ1n) is 5.89. The maximum Gasteiger partial charge on any atom is 0.307 e. The van der Waals surface area contributed by atoms with Crippen molar-refractivity contribution in [2.45, 2.75) is 39.1 Å². The summed E-state index contributed by atoms with van der Waals surface area (Å²) in [6, 6.07) is 0.289. The third-order valence-electron chi connectivity index (χ3n) is 2.56. The average Bonchev–Trinajstić information content (AvgIpc) is 2.30. The molecule has 2 atom stereocenters. The second-order valence-corrected chi connectivity index (χ2v) is 3.93. The maximum absolute atomic E-state index is 11.3. The van der Waals surface area contributed by atoms with Crippen LogP contribution < -0.4 is 10.6 Å². The number of hydrogen-bond donors (Lipinski definition) is 2. The lowest BCUT2D eigenvalue weighted by molar-refractivity contribution is -0.144. The van der Waals surface area contributed by atoms with Crippen LogP contribution in [0.2, 0.25) is 6.32 Å². The van der Waals surface area contributed by atoms with Crippen LogP contribution in [0.4, 0.5) is 0 Å². The number of nitrogens with one attached hydrogen (secondary N) is 2. The number of hydrogen-bond acceptors (Lipinski definition) is 4. The van der Waals surface area contributed by atoms with Crippen LogP contribution in [0, 0.1) is 5.92 Å². The Morgan fingerprint density at radius 3 is 2.69 bits per heavy atom. The predicted octanol–water partition coefficient (Wildman–Crippen LogP) is 0.688. The first-order valence-corrected chi connectivity index (χ1v) is 5.89. The first-order chi connectivity index (χ1) is 7.65. The Kier molecular flexibility index (Phi) is 9.34. The molecule has 92 valence electrons. The van der Waals surface area contributed by atoms with Gasteiger partial charge in [-0.05, 0) is 25.9 Å². The van der Waals surface area contributed by atoms with Crippen LogP contribution in [0.5, 0.6) is 0 Å². The van der Waals surface area contributed by atoms with Gasteiger partial charge in [-0.3, -0.25) is 10.1 Å². The van der Waals surface area contributed by atoms with Crippen molar-refractivity contribution >= 4 is 13.8 Å². The van der Waals surface area contributed by atoms with Gasteiger partial charge in [0.05, 0.1) is 7.85 Å². The highest BCUT2D eigenvalue weighted by atomic mass is 16.5. The SMILES string of the molecule is [B]CC(C)C(CCC(=O)OCNC)NCC. The Morgan fingerprint density at radius 1 is 1.50 bits per heavy atom. The fourth-order valence-corrected chi connectivity index (χ4v) is 1.51. The minimum Gasteiger partial charge on any atom is -0.450 e. The van der Waals surface area contributed by atoms with E-state index in [1.165, 1.54) is 0 Å². The van der Waals surface area contributed by atoms with Crippen LogP contribution in [0.3, 0.4) is 0 Å². The van der Waals surface area contributed by atoms with Gasteiger partial charge in [0.25, 0.3) is 0 Å². The third-order valence-corrected chi connectivity index (χ3v) is 2.56. The van der Waals surface area contributed by atoms with Crippen LogP contribution in [0.1, 0.15) is 26.7 Å². The van der Waals surface area contributed by atoms with Crippen LogP contribution in [0.25, 0.3) is 0 Å². The van der Waals surface area contributed by atoms with Crippen molar-refractivity contribution in [3.05, 3.63) is 0 Å². The number of rotatable bonds is 9. The summed E-state index contributed by atoms with van der Waals surface area (Å²) in [5.41, 5.74) is 0. The molecule has 4 nitrogen and oxygen atoms in total. The largest absolute Gasteiger partial charge is 0.450 e. The first kappa shape index (κ1) is 15.5. The summed E-state index contributed by atoms with van der Waals surface area (Å²) < 4.78 is 4.92. The van der Waals surface area contributed by atoms with Gasteiger partial charge in [-0.15, -0.1) is 0 Å². The molecule has 0 aromatic heterocycles. The normalized spacial score (nSPS) is 14.4. The molecule has 0 aromatic rings. The number of carbonyl (C=O) groups excluding carboxylic acids is 1. The number of ether oxygens (including phenoxy) is 1. The molecule has 0 fully saturated rings. The molecule has 2 radical (unpaired) electrons. The molecule has 2 unspecified atom stereocenters. The molecule has 0 spiro atoms. The van der Waals surface area contributed by atoms with Crippen LogP contribution in [-0.2, 0) is 9.53 Å². The average molecular weight is 226 g/mol. The van der Waals surface area contributed by atoms with Crippen LogP contribution in [0.15, 0.2) is 0 Å². The van der Waals surface area contributed by atoms with Gasteiger partial charge in [-0.1, -0.05) is 20.2 Å². The van der Waals surface area contributed by atoms with Gasteiger partial charge in [-0.25, -0.2) is 0 Å². The predicted molar refractivity (Wildman–Crippen MR) is 66.4 cm³/mol. The molecule has 0 bridgehead atoms. The summed E-state index contributed by atoms with van der Waals surface area (Å²) in [5, 5.41) is 6.11. The molecule has 0 aliphatic carbocycles. The van der Waals surface area contributed by atoms with E-state index in [0.29, 0.717) is 18.7 Å². The van der Waals surface area contributed by atoms with E-state index < -0.39 is 0 Å². The third kappa shape index (κ3) is 6.85. The standard InChI is InChI=1S/C11H23BN2O2/c1-4-14-10(9(2)7-12)5-6-11(15)16-8-13-3/h9-10,13-14H,4-8H2,1-3H3. The molecule has 0 amide bonds. The van der Waals surface area contributed by atoms with Crippen molar-refractivity contribution in [3.63, 3.8) is 0 Å². The van der Waals surface area contributed by atoms with Gasteiger partial charge in [0.1, 0.15) is 6.73 Å². The Morgan fingerprint density at radius 2 is 2.19 bits per heavy atom. The van der Waals surface area contributed by atoms with Crippen molar-refractivity contribution in [3.8, 4) is 0 Å². The van der Waals surface area contributed by atoms with Gasteiger partial charge < -0.3 is 10.1 Å². The maximum atomic E-state index is 11.3. The molecule has 2 N–H and O–H groups in total. The van der Waals surface area contributed by atoms with Crippen molar-refractivity contribution < 1.29 is 9.53 Å². The van der Waals surface area contributed by atoms with Crippen molar-refractivity contribution in [1.82, 2.24) is 10.6 Å². The molecule has 0 aliphatic heterocycles. The van der Waals surface area contributed by atoms with Gasteiger partial charge in [0.15, 0.2) is 0 Å². The minimum atomic E-state index is -0.165. The molecule has 5 heteroatoms. The zero-order valence-electron chi connectivity index (χ0n) is 10.6. The minimum absolute atomic E-state index is 0.165. The fourth-order valence-electron chi connectivity index (χ4n) is 1.51. The van der Waals surface area contributed by atoms with Crippen molar-refractivity contribution in [2.24, 2.45) is 5.92 Å². The number of esters is 1. The fraction of sp³-hybridized carbons (Fsp3) is 0.909. The Bertz CT molecular complexity index is 191. The summed E-state index contributed by atoms with van der Waals surface area (Å²) in [7, 11) is 7.36. The second-order valence-electron chi connectivity index (χ2n) is 3.93. The van der Waals surface area contributed by atoms with Crippen LogP contribution in [-0.4, -0.2) is 40.2 Å². The van der Waals surface area contributed by atoms with Crippen LogP contribution >= 0.6 is 0 Å². The number of carbonyl (C=O) groups is 1. The Hall–Kier alpha value is -0.545. The van der Waals surface area contributed by atoms with Gasteiger partial charge in [0.2, 0.25) is 0 Å². The van der Waals surface area contributed by atoms with E-state index in [9.17, 15) is 4.79 Å². The van der Waals surface area contributed by atoms with Crippen molar-refractivity contribution in [1.29, 1.82) is 0 Å². The smallest absolute Gasteiger partial charge is 0.307 e. The summed E-state index contributed by atoms with van der Waals surface area (Å²) in [5.74, 6) is 0.207. The highest BCUT2D eigenvalue weighted by Gasteiger charge is 2.16. The molecule has 0 rings (SSSR count). The Labute approximate surface area is 99.9 Å². The molecule has 0 aliphatic rings. The topological polar surface area (TPSA) is 50.4 Å². The van der Waals surface area contributed by atoms with E-state index in [1.807, 2.05) is 0 Å². The molecule has 0 saturated heterocycles. The lowest BCUT2D eigenvalue weighted by Gasteiger charge is -2.23. The quantitative estimate of drug-likeness (QED) is 0.345. The molecular weight excluding hydrogens is 203 g/mol. The zero-order chi connectivity index (χ0) is 12.4. The summed E-state index contributed by atoms with van der Waals surface area (Å²) >= 11 is 0. The van der Waals surface area contributed by atoms with Crippen molar-refractivity contribution in [2.75, 3.05) is 20.3 Å². The molecule has 0 saturated carbocycles. The summed E-state index contributed by atoms with van der Waals surface area (Å²) in [6.07, 6.45) is 1.83. The van der Waals surface area contributed by atoms with E-state index >= 15 is 0 Å². The van der Waals surface area contributed by atoms with Gasteiger partial charge in [0, 0.05) is 12.5 Å².